The highest BCUT2D eigenvalue weighted by molar-refractivity contribution is 7.14. The van der Waals surface area contributed by atoms with Crippen LogP contribution >= 0.6 is 45.3 Å². The van der Waals surface area contributed by atoms with Gasteiger partial charge >= 0.3 is 0 Å². The lowest BCUT2D eigenvalue weighted by molar-refractivity contribution is 1.40. The molecule has 4 aromatic carbocycles. The number of benzene rings is 4. The zero-order valence-corrected chi connectivity index (χ0v) is 35.0. The molecule has 0 fully saturated rings. The van der Waals surface area contributed by atoms with Crippen LogP contribution < -0.4 is 0 Å². The minimum atomic E-state index is 0.930. The molecule has 2 N–H and O–H groups in total. The number of aromatic nitrogens is 4. The molecule has 0 saturated carbocycles. The maximum absolute atomic E-state index is 5.47. The Bertz CT molecular complexity index is 3400. The standard InChI is InChI=1S/C52H30N4S4/c1-5-49(57-17-1)29-9-13-33-37(21-29)45-25-42-34-14-10-30(50-6-2-18-58-50)22-38(34)47(54-42)27-44-36-16-12-32(52-8-4-20-60-52)24-40(36)48(56-44)28-43-35-15-11-31(51-7-3-19-59-51)23-39(35)46(55-43)26-41(33)53-45/h1-28,53,56H. The van der Waals surface area contributed by atoms with Gasteiger partial charge in [0.05, 0.1) is 22.8 Å². The first kappa shape index (κ1) is 34.2. The zero-order valence-electron chi connectivity index (χ0n) is 31.7. The summed E-state index contributed by atoms with van der Waals surface area (Å²) < 4.78 is 0. The Kier molecular flexibility index (Phi) is 7.65. The summed E-state index contributed by atoms with van der Waals surface area (Å²) in [7, 11) is 0. The molecule has 7 aromatic heterocycles. The van der Waals surface area contributed by atoms with Crippen molar-refractivity contribution in [3.05, 3.63) is 167 Å². The monoisotopic (exact) mass is 838 g/mol. The van der Waals surface area contributed by atoms with Crippen LogP contribution in [0.1, 0.15) is 0 Å². The summed E-state index contributed by atoms with van der Waals surface area (Å²) in [5.41, 5.74) is 17.1. The summed E-state index contributed by atoms with van der Waals surface area (Å²) in [4.78, 5) is 23.7. The van der Waals surface area contributed by atoms with Gasteiger partial charge in [0.25, 0.3) is 0 Å². The number of H-pyrrole nitrogens is 2. The number of hydrogen-bond donors (Lipinski definition) is 2. The molecule has 0 aliphatic carbocycles. The van der Waals surface area contributed by atoms with Crippen LogP contribution in [0.25, 0.3) is 130 Å². The predicted octanol–water partition coefficient (Wildman–Crippen LogP) is 16.2. The van der Waals surface area contributed by atoms with E-state index in [4.69, 9.17) is 9.97 Å². The third-order valence-electron chi connectivity index (χ3n) is 11.7. The Morgan fingerprint density at radius 1 is 0.300 bits per heavy atom. The first-order valence-electron chi connectivity index (χ1n) is 19.7. The van der Waals surface area contributed by atoms with Crippen molar-refractivity contribution in [2.45, 2.75) is 0 Å². The molecule has 0 radical (unpaired) electrons. The van der Waals surface area contributed by atoms with Gasteiger partial charge in [0.2, 0.25) is 0 Å². The summed E-state index contributed by atoms with van der Waals surface area (Å²) >= 11 is 7.04. The Morgan fingerprint density at radius 2 is 0.633 bits per heavy atom. The quantitative estimate of drug-likeness (QED) is 0.185. The molecular formula is C52H30N4S4. The third-order valence-corrected chi connectivity index (χ3v) is 15.4. The molecule has 282 valence electrons. The van der Waals surface area contributed by atoms with E-state index in [0.717, 1.165) is 88.6 Å². The largest absolute Gasteiger partial charge is 0.354 e. The van der Waals surface area contributed by atoms with Gasteiger partial charge in [-0.3, -0.25) is 0 Å². The van der Waals surface area contributed by atoms with Crippen LogP contribution in [0.5, 0.6) is 0 Å². The molecule has 0 atom stereocenters. The van der Waals surface area contributed by atoms with Crippen LogP contribution in [0, 0.1) is 0 Å². The van der Waals surface area contributed by atoms with Crippen molar-refractivity contribution in [3.63, 3.8) is 0 Å². The maximum Gasteiger partial charge on any atom is 0.0737 e. The van der Waals surface area contributed by atoms with Crippen LogP contribution in [0.3, 0.4) is 0 Å². The smallest absolute Gasteiger partial charge is 0.0737 e. The van der Waals surface area contributed by atoms with Gasteiger partial charge in [-0.25, -0.2) is 9.97 Å². The van der Waals surface area contributed by atoms with Crippen molar-refractivity contribution in [3.8, 4) is 86.8 Å². The fourth-order valence-electron chi connectivity index (χ4n) is 8.85. The molecule has 8 heteroatoms. The molecule has 2 aliphatic rings. The van der Waals surface area contributed by atoms with E-state index < -0.39 is 0 Å². The number of thiophene rings is 4. The highest BCUT2D eigenvalue weighted by Gasteiger charge is 2.22. The van der Waals surface area contributed by atoms with E-state index in [1.54, 1.807) is 45.3 Å². The highest BCUT2D eigenvalue weighted by Crippen LogP contribution is 2.44. The van der Waals surface area contributed by atoms with Crippen molar-refractivity contribution in [2.75, 3.05) is 0 Å². The number of hydrogen-bond acceptors (Lipinski definition) is 6. The molecule has 8 bridgehead atoms. The minimum absolute atomic E-state index is 0.930. The molecule has 4 nitrogen and oxygen atoms in total. The first-order chi connectivity index (χ1) is 29.7. The van der Waals surface area contributed by atoms with E-state index in [2.05, 4.69) is 177 Å². The molecule has 0 spiro atoms. The van der Waals surface area contributed by atoms with Crippen molar-refractivity contribution in [2.24, 2.45) is 0 Å². The molecular weight excluding hydrogens is 809 g/mol. The third kappa shape index (κ3) is 5.53. The van der Waals surface area contributed by atoms with E-state index in [0.29, 0.717) is 0 Å². The van der Waals surface area contributed by atoms with Crippen molar-refractivity contribution >= 4 is 89.0 Å². The lowest BCUT2D eigenvalue weighted by atomic mass is 9.99. The van der Waals surface area contributed by atoms with Crippen LogP contribution in [-0.4, -0.2) is 19.9 Å². The predicted molar refractivity (Wildman–Crippen MR) is 258 cm³/mol. The Hall–Kier alpha value is -6.68. The second-order valence-corrected chi connectivity index (χ2v) is 19.0. The first-order valence-corrected chi connectivity index (χ1v) is 23.3. The van der Waals surface area contributed by atoms with Gasteiger partial charge in [0.1, 0.15) is 0 Å². The van der Waals surface area contributed by atoms with E-state index in [1.807, 2.05) is 0 Å². The van der Waals surface area contributed by atoms with Gasteiger partial charge in [0, 0.05) is 85.4 Å². The van der Waals surface area contributed by atoms with Gasteiger partial charge in [-0.2, -0.15) is 0 Å². The van der Waals surface area contributed by atoms with Crippen molar-refractivity contribution < 1.29 is 0 Å². The zero-order chi connectivity index (χ0) is 39.3. The summed E-state index contributed by atoms with van der Waals surface area (Å²) in [5, 5.41) is 13.1. The van der Waals surface area contributed by atoms with Crippen LogP contribution in [0.2, 0.25) is 0 Å². The van der Waals surface area contributed by atoms with Gasteiger partial charge in [-0.15, -0.1) is 45.3 Å². The normalized spacial score (nSPS) is 12.0. The van der Waals surface area contributed by atoms with E-state index >= 15 is 0 Å². The fraction of sp³-hybridized carbons (Fsp3) is 0. The molecule has 11 aromatic rings. The van der Waals surface area contributed by atoms with Gasteiger partial charge in [-0.05, 0) is 117 Å². The van der Waals surface area contributed by atoms with Gasteiger partial charge < -0.3 is 9.97 Å². The number of nitrogens with zero attached hydrogens (tertiary/aromatic N) is 2. The number of aromatic amines is 2. The molecule has 0 unspecified atom stereocenters. The lowest BCUT2D eigenvalue weighted by Crippen LogP contribution is -1.80. The minimum Gasteiger partial charge on any atom is -0.354 e. The fourth-order valence-corrected chi connectivity index (χ4v) is 11.7. The van der Waals surface area contributed by atoms with Crippen molar-refractivity contribution in [1.82, 2.24) is 19.9 Å². The number of nitrogens with one attached hydrogen (secondary N) is 2. The lowest BCUT2D eigenvalue weighted by Gasteiger charge is -2.04. The van der Waals surface area contributed by atoms with E-state index in [1.165, 1.54) is 41.8 Å². The Morgan fingerprint density at radius 3 is 1.00 bits per heavy atom. The second-order valence-electron chi connectivity index (χ2n) is 15.2. The Labute approximate surface area is 360 Å². The van der Waals surface area contributed by atoms with Gasteiger partial charge in [0.15, 0.2) is 0 Å². The van der Waals surface area contributed by atoms with Crippen molar-refractivity contribution in [1.29, 1.82) is 0 Å². The summed E-state index contributed by atoms with van der Waals surface area (Å²) in [6, 6.07) is 53.4. The summed E-state index contributed by atoms with van der Waals surface area (Å²) in [5.74, 6) is 0. The SMILES string of the molecule is c1csc(-c2ccc3c(c2)-c2cc4[nH]c(cc5nc(cc6[nH]c(cc-3n2)c2cc(-c3cccs3)ccc62)-c2cc(-c3cccs3)ccc2-5)c2cc(-c3cccs3)ccc42)c1. The topological polar surface area (TPSA) is 57.4 Å². The molecule has 9 heterocycles. The molecule has 60 heavy (non-hydrogen) atoms. The summed E-state index contributed by atoms with van der Waals surface area (Å²) in [6.07, 6.45) is 0. The van der Waals surface area contributed by atoms with Crippen LogP contribution in [0.15, 0.2) is 167 Å². The van der Waals surface area contributed by atoms with E-state index in [-0.39, 0.29) is 0 Å². The number of rotatable bonds is 4. The highest BCUT2D eigenvalue weighted by atomic mass is 32.1. The molecule has 0 saturated heterocycles. The van der Waals surface area contributed by atoms with Gasteiger partial charge in [-0.1, -0.05) is 72.8 Å². The average Bonchev–Trinajstić information content (AvgIpc) is 4.13. The molecule has 0 amide bonds. The number of fused-ring (bicyclic) bond motifs is 20. The second kappa shape index (κ2) is 13.4. The van der Waals surface area contributed by atoms with Crippen LogP contribution in [-0.2, 0) is 0 Å². The van der Waals surface area contributed by atoms with E-state index in [9.17, 15) is 0 Å². The summed E-state index contributed by atoms with van der Waals surface area (Å²) in [6.45, 7) is 0. The molecule has 2 aliphatic heterocycles. The average molecular weight is 839 g/mol. The molecule has 13 rings (SSSR count). The maximum atomic E-state index is 5.47. The van der Waals surface area contributed by atoms with Crippen LogP contribution in [0.4, 0.5) is 0 Å². The Balaban J connectivity index is 1.16.